The summed E-state index contributed by atoms with van der Waals surface area (Å²) in [6, 6.07) is 10.3. The quantitative estimate of drug-likeness (QED) is 0.229. The maximum Gasteiger partial charge on any atom is 0.543 e. The molecule has 32 heavy (non-hydrogen) atoms. The third-order valence-electron chi connectivity index (χ3n) is 4.50. The molecule has 0 N–H and O–H groups in total. The van der Waals surface area contributed by atoms with Crippen molar-refractivity contribution >= 4 is 24.5 Å². The van der Waals surface area contributed by atoms with Crippen molar-refractivity contribution in [3.8, 4) is 0 Å². The van der Waals surface area contributed by atoms with Crippen LogP contribution in [-0.2, 0) is 23.3 Å². The normalized spacial score (nSPS) is 11.9. The maximum absolute atomic E-state index is 13.9. The van der Waals surface area contributed by atoms with Crippen LogP contribution in [0.2, 0.25) is 0 Å². The zero-order valence-electron chi connectivity index (χ0n) is 19.0. The van der Waals surface area contributed by atoms with Gasteiger partial charge >= 0.3 is 8.80 Å². The van der Waals surface area contributed by atoms with Crippen LogP contribution in [0.4, 0.5) is 22.0 Å². The monoisotopic (exact) mass is 496 g/mol. The minimum absolute atomic E-state index is 0.0777. The highest BCUT2D eigenvalue weighted by Gasteiger charge is 2.50. The van der Waals surface area contributed by atoms with Crippen LogP contribution in [0.15, 0.2) is 30.3 Å². The highest BCUT2D eigenvalue weighted by molar-refractivity contribution is 6.75. The maximum atomic E-state index is 13.9. The first kappa shape index (κ1) is 28.4. The van der Waals surface area contributed by atoms with Crippen LogP contribution in [0.1, 0.15) is 40.2 Å². The van der Waals surface area contributed by atoms with Crippen molar-refractivity contribution in [2.24, 2.45) is 0 Å². The van der Waals surface area contributed by atoms with Crippen molar-refractivity contribution < 1.29 is 39.7 Å². The highest BCUT2D eigenvalue weighted by Crippen LogP contribution is 2.23. The van der Waals surface area contributed by atoms with Gasteiger partial charge in [0.1, 0.15) is 15.7 Å². The predicted molar refractivity (Wildman–Crippen MR) is 117 cm³/mol. The molecule has 0 amide bonds. The van der Waals surface area contributed by atoms with Crippen molar-refractivity contribution in [1.82, 2.24) is 0 Å². The zero-order chi connectivity index (χ0) is 24.5. The number of hydrogen-bond donors (Lipinski definition) is 0. The zero-order valence-corrected chi connectivity index (χ0v) is 22.0. The van der Waals surface area contributed by atoms with Crippen molar-refractivity contribution in [1.29, 1.82) is 0 Å². The van der Waals surface area contributed by atoms with E-state index in [4.69, 9.17) is 17.7 Å². The average Bonchev–Trinajstić information content (AvgIpc) is 2.78. The third kappa shape index (κ3) is 6.45. The van der Waals surface area contributed by atoms with Gasteiger partial charge in [-0.2, -0.15) is 0 Å². The smallest absolute Gasteiger partial charge is 0.419 e. The van der Waals surface area contributed by atoms with E-state index in [1.54, 1.807) is 0 Å². The summed E-state index contributed by atoms with van der Waals surface area (Å²) >= 11 is 0. The van der Waals surface area contributed by atoms with Crippen LogP contribution < -0.4 is 5.19 Å². The Morgan fingerprint density at radius 3 is 1.44 bits per heavy atom. The van der Waals surface area contributed by atoms with E-state index in [1.807, 2.05) is 18.2 Å². The molecule has 0 radical (unpaired) electrons. The minimum Gasteiger partial charge on any atom is -0.419 e. The number of rotatable bonds is 9. The molecule has 0 aliphatic carbocycles. The standard InChI is InChI=1S/C12H15F5O3Si.C9H14OSi/c1-4-18-21(19-5-2,20-6-3)12-10(16)8(14)7(13)9(15)11(12)17;1-9(2,10-11)8-6-4-3-5-7-8/h4-6H2,1-3H3;3-7H,1-2,11H3. The van der Waals surface area contributed by atoms with Gasteiger partial charge in [-0.3, -0.25) is 0 Å². The summed E-state index contributed by atoms with van der Waals surface area (Å²) in [7, 11) is -3.46. The summed E-state index contributed by atoms with van der Waals surface area (Å²) in [6.45, 7) is 8.43. The number of halogens is 5. The van der Waals surface area contributed by atoms with Gasteiger partial charge in [0.05, 0.1) is 5.60 Å². The molecule has 0 atom stereocenters. The van der Waals surface area contributed by atoms with E-state index >= 15 is 0 Å². The van der Waals surface area contributed by atoms with Crippen LogP contribution in [0.5, 0.6) is 0 Å². The molecule has 180 valence electrons. The lowest BCUT2D eigenvalue weighted by molar-refractivity contribution is 0.0838. The van der Waals surface area contributed by atoms with Crippen LogP contribution in [0.3, 0.4) is 0 Å². The molecule has 0 fully saturated rings. The van der Waals surface area contributed by atoms with E-state index in [1.165, 1.54) is 26.3 Å². The van der Waals surface area contributed by atoms with E-state index in [-0.39, 0.29) is 25.4 Å². The largest absolute Gasteiger partial charge is 0.543 e. The van der Waals surface area contributed by atoms with Gasteiger partial charge < -0.3 is 17.7 Å². The fraction of sp³-hybridized carbons (Fsp3) is 0.429. The molecule has 11 heteroatoms. The number of hydrogen-bond acceptors (Lipinski definition) is 4. The Morgan fingerprint density at radius 1 is 0.719 bits per heavy atom. The lowest BCUT2D eigenvalue weighted by atomic mass is 9.99. The van der Waals surface area contributed by atoms with Gasteiger partial charge in [-0.25, -0.2) is 22.0 Å². The minimum atomic E-state index is -4.24. The molecular formula is C21H29F5O4Si2. The Kier molecular flexibility index (Phi) is 11.1. The summed E-state index contributed by atoms with van der Waals surface area (Å²) in [5.41, 5.74) is 1.14. The fourth-order valence-corrected chi connectivity index (χ4v) is 5.56. The van der Waals surface area contributed by atoms with Crippen molar-refractivity contribution in [3.05, 3.63) is 65.0 Å². The van der Waals surface area contributed by atoms with E-state index in [9.17, 15) is 22.0 Å². The molecule has 2 aromatic carbocycles. The third-order valence-corrected chi connectivity index (χ3v) is 8.58. The fourth-order valence-electron chi connectivity index (χ4n) is 2.74. The molecule has 2 aromatic rings. The van der Waals surface area contributed by atoms with Gasteiger partial charge in [0.15, 0.2) is 23.3 Å². The second kappa shape index (κ2) is 12.6. The molecular weight excluding hydrogens is 467 g/mol. The highest BCUT2D eigenvalue weighted by atomic mass is 28.4. The van der Waals surface area contributed by atoms with Gasteiger partial charge in [-0.15, -0.1) is 0 Å². The molecule has 4 nitrogen and oxygen atoms in total. The molecule has 0 saturated heterocycles. The van der Waals surface area contributed by atoms with E-state index in [2.05, 4.69) is 26.0 Å². The molecule has 0 aliphatic rings. The van der Waals surface area contributed by atoms with E-state index in [0.717, 1.165) is 10.5 Å². The molecule has 2 rings (SSSR count). The Labute approximate surface area is 189 Å². The topological polar surface area (TPSA) is 36.9 Å². The van der Waals surface area contributed by atoms with Crippen molar-refractivity contribution in [3.63, 3.8) is 0 Å². The Morgan fingerprint density at radius 2 is 1.09 bits per heavy atom. The van der Waals surface area contributed by atoms with Crippen molar-refractivity contribution in [2.45, 2.75) is 40.2 Å². The SMILES string of the molecule is CC(C)(O[SiH3])c1ccccc1.CCO[Si](OCC)(OCC)c1c(F)c(F)c(F)c(F)c1F. The van der Waals surface area contributed by atoms with Crippen LogP contribution >= 0.6 is 0 Å². The molecule has 0 saturated carbocycles. The van der Waals surface area contributed by atoms with Crippen LogP contribution in [0, 0.1) is 29.1 Å². The summed E-state index contributed by atoms with van der Waals surface area (Å²) < 4.78 is 88.7. The molecule has 0 unspecified atom stereocenters. The second-order valence-corrected chi connectivity index (χ2v) is 9.77. The Hall–Kier alpha value is -1.64. The Balaban J connectivity index is 0.000000389. The van der Waals surface area contributed by atoms with E-state index < -0.39 is 43.1 Å². The first-order valence-electron chi connectivity index (χ1n) is 10.1. The lowest BCUT2D eigenvalue weighted by Crippen LogP contribution is -2.60. The molecule has 0 aromatic heterocycles. The summed E-state index contributed by atoms with van der Waals surface area (Å²) in [5, 5.41) is -1.16. The Bertz CT molecular complexity index is 823. The van der Waals surface area contributed by atoms with Gasteiger partial charge in [-0.05, 0) is 40.2 Å². The molecule has 0 bridgehead atoms. The summed E-state index contributed by atoms with van der Waals surface area (Å²) in [5.74, 6) is -10.3. The molecule has 0 spiro atoms. The lowest BCUT2D eigenvalue weighted by Gasteiger charge is -2.29. The van der Waals surface area contributed by atoms with Crippen LogP contribution in [0.25, 0.3) is 0 Å². The first-order valence-corrected chi connectivity index (χ1v) is 12.6. The summed E-state index contributed by atoms with van der Waals surface area (Å²) in [6.07, 6.45) is 0. The van der Waals surface area contributed by atoms with Gasteiger partial charge in [-0.1, -0.05) is 30.3 Å². The number of benzene rings is 2. The van der Waals surface area contributed by atoms with Gasteiger partial charge in [0.2, 0.25) is 5.82 Å². The predicted octanol–water partition coefficient (Wildman–Crippen LogP) is 3.86. The first-order chi connectivity index (χ1) is 15.0. The van der Waals surface area contributed by atoms with E-state index in [0.29, 0.717) is 0 Å². The van der Waals surface area contributed by atoms with Gasteiger partial charge in [0.25, 0.3) is 0 Å². The van der Waals surface area contributed by atoms with Gasteiger partial charge in [0, 0.05) is 19.8 Å². The van der Waals surface area contributed by atoms with Crippen molar-refractivity contribution in [2.75, 3.05) is 19.8 Å². The summed E-state index contributed by atoms with van der Waals surface area (Å²) in [4.78, 5) is 0. The average molecular weight is 497 g/mol. The van der Waals surface area contributed by atoms with Crippen LogP contribution in [-0.4, -0.2) is 39.1 Å². The molecule has 0 heterocycles. The second-order valence-electron chi connectivity index (χ2n) is 6.88. The molecule has 0 aliphatic heterocycles.